The maximum Gasteiger partial charge on any atom is 0.326 e. The molecule has 0 unspecified atom stereocenters. The van der Waals surface area contributed by atoms with Crippen LogP contribution >= 0.6 is 0 Å². The third-order valence-electron chi connectivity index (χ3n) is 2.72. The van der Waals surface area contributed by atoms with Crippen LogP contribution in [0.2, 0.25) is 0 Å². The number of nitriles is 1. The molecule has 1 rings (SSSR count). The van der Waals surface area contributed by atoms with Crippen molar-refractivity contribution in [2.45, 2.75) is 18.9 Å². The van der Waals surface area contributed by atoms with Crippen LogP contribution in [0, 0.1) is 11.3 Å². The molecular weight excluding hydrogens is 276 g/mol. The normalized spacial score (nSPS) is 11.0. The first-order valence-corrected chi connectivity index (χ1v) is 6.08. The summed E-state index contributed by atoms with van der Waals surface area (Å²) in [5.74, 6) is -2.42. The molecule has 1 amide bonds. The highest BCUT2D eigenvalue weighted by Gasteiger charge is 2.22. The van der Waals surface area contributed by atoms with Crippen molar-refractivity contribution in [3.8, 4) is 6.07 Å². The van der Waals surface area contributed by atoms with Crippen LogP contribution in [0.1, 0.15) is 28.8 Å². The third kappa shape index (κ3) is 4.95. The van der Waals surface area contributed by atoms with Gasteiger partial charge in [-0.2, -0.15) is 5.26 Å². The number of carbonyl (C=O) groups is 3. The molecule has 0 aliphatic rings. The summed E-state index contributed by atoms with van der Waals surface area (Å²) >= 11 is 0. The minimum absolute atomic E-state index is 0.0777. The van der Waals surface area contributed by atoms with Crippen molar-refractivity contribution < 1.29 is 24.2 Å². The molecule has 0 heterocycles. The highest BCUT2D eigenvalue weighted by Crippen LogP contribution is 2.06. The molecule has 0 fully saturated rings. The molecule has 110 valence electrons. The molecule has 0 aliphatic carbocycles. The summed E-state index contributed by atoms with van der Waals surface area (Å²) in [6, 6.07) is 6.56. The number of amides is 1. The van der Waals surface area contributed by atoms with Gasteiger partial charge < -0.3 is 15.2 Å². The van der Waals surface area contributed by atoms with Crippen LogP contribution in [0.5, 0.6) is 0 Å². The van der Waals surface area contributed by atoms with E-state index in [9.17, 15) is 14.4 Å². The van der Waals surface area contributed by atoms with Crippen molar-refractivity contribution in [2.24, 2.45) is 0 Å². The number of nitrogens with one attached hydrogen (secondary N) is 1. The second-order valence-electron chi connectivity index (χ2n) is 4.17. The van der Waals surface area contributed by atoms with Gasteiger partial charge in [0.05, 0.1) is 18.7 Å². The van der Waals surface area contributed by atoms with E-state index in [0.29, 0.717) is 5.56 Å². The molecule has 7 nitrogen and oxygen atoms in total. The summed E-state index contributed by atoms with van der Waals surface area (Å²) in [7, 11) is 1.20. The molecule has 0 aromatic heterocycles. The first-order valence-electron chi connectivity index (χ1n) is 6.08. The molecule has 21 heavy (non-hydrogen) atoms. The maximum atomic E-state index is 11.9. The SMILES string of the molecule is COC(=O)CC[C@H](NC(=O)c1cccc(C#N)c1)C(=O)O. The van der Waals surface area contributed by atoms with E-state index in [4.69, 9.17) is 10.4 Å². The smallest absolute Gasteiger partial charge is 0.326 e. The standard InChI is InChI=1S/C14H14N2O5/c1-21-12(17)6-5-11(14(19)20)16-13(18)10-4-2-3-9(7-10)8-15/h2-4,7,11H,5-6H2,1H3,(H,16,18)(H,19,20)/t11-/m0/s1. The zero-order valence-electron chi connectivity index (χ0n) is 11.3. The van der Waals surface area contributed by atoms with Gasteiger partial charge in [-0.05, 0) is 24.6 Å². The molecule has 0 spiro atoms. The fraction of sp³-hybridized carbons (Fsp3) is 0.286. The minimum atomic E-state index is -1.25. The fourth-order valence-electron chi connectivity index (χ4n) is 1.59. The van der Waals surface area contributed by atoms with E-state index in [2.05, 4.69) is 10.1 Å². The lowest BCUT2D eigenvalue weighted by Crippen LogP contribution is -2.41. The van der Waals surface area contributed by atoms with Crippen molar-refractivity contribution in [2.75, 3.05) is 7.11 Å². The first kappa shape index (κ1) is 16.2. The lowest BCUT2D eigenvalue weighted by molar-refractivity contribution is -0.142. The lowest BCUT2D eigenvalue weighted by atomic mass is 10.1. The molecule has 0 aliphatic heterocycles. The van der Waals surface area contributed by atoms with Gasteiger partial charge in [0, 0.05) is 12.0 Å². The van der Waals surface area contributed by atoms with Gasteiger partial charge in [0.15, 0.2) is 0 Å². The zero-order chi connectivity index (χ0) is 15.8. The highest BCUT2D eigenvalue weighted by atomic mass is 16.5. The number of nitrogens with zero attached hydrogens (tertiary/aromatic N) is 1. The second-order valence-corrected chi connectivity index (χ2v) is 4.17. The number of aliphatic carboxylic acids is 1. The minimum Gasteiger partial charge on any atom is -0.480 e. The Balaban J connectivity index is 2.74. The first-order chi connectivity index (χ1) is 9.97. The van der Waals surface area contributed by atoms with Crippen LogP contribution < -0.4 is 5.32 Å². The quantitative estimate of drug-likeness (QED) is 0.745. The Morgan fingerprint density at radius 1 is 1.43 bits per heavy atom. The van der Waals surface area contributed by atoms with E-state index in [1.54, 1.807) is 0 Å². The van der Waals surface area contributed by atoms with Crippen LogP contribution in [-0.2, 0) is 14.3 Å². The molecule has 0 saturated heterocycles. The van der Waals surface area contributed by atoms with Crippen LogP contribution in [0.25, 0.3) is 0 Å². The molecule has 7 heteroatoms. The molecule has 1 aromatic carbocycles. The van der Waals surface area contributed by atoms with E-state index in [1.165, 1.54) is 31.4 Å². The van der Waals surface area contributed by atoms with Crippen molar-refractivity contribution >= 4 is 17.8 Å². The number of hydrogen-bond donors (Lipinski definition) is 2. The van der Waals surface area contributed by atoms with Gasteiger partial charge in [-0.15, -0.1) is 0 Å². The number of esters is 1. The van der Waals surface area contributed by atoms with Crippen LogP contribution in [-0.4, -0.2) is 36.1 Å². The van der Waals surface area contributed by atoms with Crippen LogP contribution in [0.3, 0.4) is 0 Å². The second kappa shape index (κ2) is 7.65. The van der Waals surface area contributed by atoms with Crippen molar-refractivity contribution in [1.82, 2.24) is 5.32 Å². The number of ether oxygens (including phenoxy) is 1. The topological polar surface area (TPSA) is 116 Å². The van der Waals surface area contributed by atoms with Gasteiger partial charge in [-0.1, -0.05) is 6.07 Å². The summed E-state index contributed by atoms with van der Waals surface area (Å²) in [4.78, 5) is 34.0. The average molecular weight is 290 g/mol. The van der Waals surface area contributed by atoms with E-state index >= 15 is 0 Å². The molecule has 1 aromatic rings. The monoisotopic (exact) mass is 290 g/mol. The van der Waals surface area contributed by atoms with Crippen LogP contribution in [0.15, 0.2) is 24.3 Å². The summed E-state index contributed by atoms with van der Waals surface area (Å²) < 4.78 is 4.42. The largest absolute Gasteiger partial charge is 0.480 e. The predicted octanol–water partition coefficient (Wildman–Crippen LogP) is 0.694. The van der Waals surface area contributed by atoms with Crippen molar-refractivity contribution in [3.63, 3.8) is 0 Å². The predicted molar refractivity (Wildman–Crippen MR) is 71.3 cm³/mol. The number of carbonyl (C=O) groups excluding carboxylic acids is 2. The molecule has 2 N–H and O–H groups in total. The van der Waals surface area contributed by atoms with Gasteiger partial charge >= 0.3 is 11.9 Å². The number of rotatable bonds is 6. The van der Waals surface area contributed by atoms with E-state index < -0.39 is 23.9 Å². The Kier molecular flexibility index (Phi) is 5.89. The summed E-state index contributed by atoms with van der Waals surface area (Å²) in [5.41, 5.74) is 0.474. The molecule has 1 atom stereocenters. The Morgan fingerprint density at radius 3 is 2.71 bits per heavy atom. The van der Waals surface area contributed by atoms with Gasteiger partial charge in [-0.3, -0.25) is 9.59 Å². The van der Waals surface area contributed by atoms with Crippen LogP contribution in [0.4, 0.5) is 0 Å². The molecule has 0 radical (unpaired) electrons. The van der Waals surface area contributed by atoms with Crippen molar-refractivity contribution in [1.29, 1.82) is 5.26 Å². The zero-order valence-corrected chi connectivity index (χ0v) is 11.3. The number of methoxy groups -OCH3 is 1. The maximum absolute atomic E-state index is 11.9. The Morgan fingerprint density at radius 2 is 2.14 bits per heavy atom. The average Bonchev–Trinajstić information content (AvgIpc) is 2.50. The Labute approximate surface area is 121 Å². The molecular formula is C14H14N2O5. The number of carboxylic acids is 1. The molecule has 0 saturated carbocycles. The summed E-state index contributed by atoms with van der Waals surface area (Å²) in [6.07, 6.45) is -0.197. The third-order valence-corrected chi connectivity index (χ3v) is 2.72. The summed E-state index contributed by atoms with van der Waals surface area (Å²) in [6.45, 7) is 0. The van der Waals surface area contributed by atoms with E-state index in [1.807, 2.05) is 6.07 Å². The number of hydrogen-bond acceptors (Lipinski definition) is 5. The summed E-state index contributed by atoms with van der Waals surface area (Å²) in [5, 5.41) is 20.1. The fourth-order valence-corrected chi connectivity index (χ4v) is 1.59. The Bertz CT molecular complexity index is 591. The van der Waals surface area contributed by atoms with Crippen molar-refractivity contribution in [3.05, 3.63) is 35.4 Å². The van der Waals surface area contributed by atoms with Gasteiger partial charge in [0.2, 0.25) is 0 Å². The number of benzene rings is 1. The van der Waals surface area contributed by atoms with E-state index in [-0.39, 0.29) is 18.4 Å². The van der Waals surface area contributed by atoms with Gasteiger partial charge in [0.25, 0.3) is 5.91 Å². The van der Waals surface area contributed by atoms with E-state index in [0.717, 1.165) is 0 Å². The highest BCUT2D eigenvalue weighted by molar-refractivity contribution is 5.96. The lowest BCUT2D eigenvalue weighted by Gasteiger charge is -2.14. The molecule has 0 bridgehead atoms. The Hall–Kier alpha value is -2.88. The van der Waals surface area contributed by atoms with Gasteiger partial charge in [-0.25, -0.2) is 4.79 Å². The number of carboxylic acid groups (broad SMARTS) is 1. The van der Waals surface area contributed by atoms with Gasteiger partial charge in [0.1, 0.15) is 6.04 Å².